The fourth-order valence-corrected chi connectivity index (χ4v) is 4.00. The van der Waals surface area contributed by atoms with Gasteiger partial charge in [0.05, 0.1) is 18.5 Å². The number of aliphatic imine (C=N–C) groups is 1. The van der Waals surface area contributed by atoms with Gasteiger partial charge in [-0.25, -0.2) is 13.4 Å². The summed E-state index contributed by atoms with van der Waals surface area (Å²) in [6, 6.07) is 0. The van der Waals surface area contributed by atoms with Crippen LogP contribution in [0.5, 0.6) is 0 Å². The molecule has 1 aromatic heterocycles. The molecule has 0 saturated heterocycles. The van der Waals surface area contributed by atoms with E-state index < -0.39 is 9.84 Å². The van der Waals surface area contributed by atoms with Gasteiger partial charge in [-0.3, -0.25) is 4.99 Å². The number of aromatic nitrogens is 1. The maximum atomic E-state index is 11.5. The second-order valence-electron chi connectivity index (χ2n) is 7.72. The number of sulfone groups is 1. The topological polar surface area (TPSA) is 96.6 Å². The van der Waals surface area contributed by atoms with Crippen LogP contribution in [0, 0.1) is 5.41 Å². The molecule has 0 aliphatic heterocycles. The van der Waals surface area contributed by atoms with Crippen LogP contribution in [0.15, 0.2) is 15.6 Å². The first kappa shape index (κ1) is 18.8. The quantitative estimate of drug-likeness (QED) is 0.592. The Morgan fingerprint density at radius 1 is 1.38 bits per heavy atom. The van der Waals surface area contributed by atoms with Crippen molar-refractivity contribution in [1.29, 1.82) is 0 Å². The van der Waals surface area contributed by atoms with Crippen molar-refractivity contribution in [2.75, 3.05) is 25.6 Å². The van der Waals surface area contributed by atoms with Crippen molar-refractivity contribution in [3.63, 3.8) is 0 Å². The van der Waals surface area contributed by atoms with Gasteiger partial charge in [0.15, 0.2) is 5.96 Å². The normalized spacial score (nSPS) is 17.6. The van der Waals surface area contributed by atoms with E-state index in [0.29, 0.717) is 24.9 Å². The van der Waals surface area contributed by atoms with E-state index in [9.17, 15) is 8.42 Å². The van der Waals surface area contributed by atoms with E-state index in [4.69, 9.17) is 4.42 Å². The van der Waals surface area contributed by atoms with Gasteiger partial charge in [0.1, 0.15) is 15.6 Å². The van der Waals surface area contributed by atoms with Crippen LogP contribution in [-0.2, 0) is 21.8 Å². The third-order valence-electron chi connectivity index (χ3n) is 4.08. The number of oxazole rings is 1. The lowest BCUT2D eigenvalue weighted by atomic mass is 9.94. The zero-order chi connectivity index (χ0) is 18.0. The fourth-order valence-electron chi connectivity index (χ4n) is 2.50. The molecule has 1 fully saturated rings. The van der Waals surface area contributed by atoms with Crippen LogP contribution >= 0.6 is 0 Å². The van der Waals surface area contributed by atoms with E-state index in [0.717, 1.165) is 18.6 Å². The first-order valence-electron chi connectivity index (χ1n) is 8.10. The molecule has 1 saturated carbocycles. The number of hydrogen-bond donors (Lipinski definition) is 2. The van der Waals surface area contributed by atoms with Gasteiger partial charge in [-0.05, 0) is 12.8 Å². The lowest BCUT2D eigenvalue weighted by Gasteiger charge is -2.17. The number of guanidine groups is 1. The van der Waals surface area contributed by atoms with Gasteiger partial charge in [0.25, 0.3) is 0 Å². The number of nitrogens with zero attached hydrogens (tertiary/aromatic N) is 2. The standard InChI is InChI=1S/C16H28N4O3S/c1-15(2,3)12-8-18-13(23-12)9-19-14(17-4)20-10-16(6-7-16)11-24(5,21)22/h8H,6-7,9-11H2,1-5H3,(H2,17,19,20). The molecule has 1 aliphatic carbocycles. The van der Waals surface area contributed by atoms with E-state index in [2.05, 4.69) is 41.4 Å². The third-order valence-corrected chi connectivity index (χ3v) is 5.22. The first-order chi connectivity index (χ1) is 11.0. The van der Waals surface area contributed by atoms with Crippen LogP contribution in [-0.4, -0.2) is 45.0 Å². The Balaban J connectivity index is 1.84. The van der Waals surface area contributed by atoms with Crippen molar-refractivity contribution in [3.05, 3.63) is 17.8 Å². The average molecular weight is 356 g/mol. The summed E-state index contributed by atoms with van der Waals surface area (Å²) in [7, 11) is -1.28. The molecule has 0 amide bonds. The molecule has 0 bridgehead atoms. The predicted octanol–water partition coefficient (Wildman–Crippen LogP) is 1.46. The van der Waals surface area contributed by atoms with Gasteiger partial charge in [0, 0.05) is 30.7 Å². The lowest BCUT2D eigenvalue weighted by Crippen LogP contribution is -2.41. The Labute approximate surface area is 144 Å². The lowest BCUT2D eigenvalue weighted by molar-refractivity contribution is 0.379. The molecular formula is C16H28N4O3S. The van der Waals surface area contributed by atoms with E-state index in [1.807, 2.05) is 0 Å². The molecule has 136 valence electrons. The van der Waals surface area contributed by atoms with Crippen molar-refractivity contribution in [2.24, 2.45) is 10.4 Å². The van der Waals surface area contributed by atoms with E-state index >= 15 is 0 Å². The van der Waals surface area contributed by atoms with Gasteiger partial charge in [0.2, 0.25) is 5.89 Å². The Bertz CT molecular complexity index is 697. The summed E-state index contributed by atoms with van der Waals surface area (Å²) >= 11 is 0. The summed E-state index contributed by atoms with van der Waals surface area (Å²) in [6.45, 7) is 7.24. The van der Waals surface area contributed by atoms with Crippen LogP contribution in [0.1, 0.15) is 45.3 Å². The van der Waals surface area contributed by atoms with Gasteiger partial charge >= 0.3 is 0 Å². The smallest absolute Gasteiger partial charge is 0.213 e. The molecule has 0 atom stereocenters. The Hall–Kier alpha value is -1.57. The minimum atomic E-state index is -2.97. The second-order valence-corrected chi connectivity index (χ2v) is 9.86. The van der Waals surface area contributed by atoms with E-state index in [-0.39, 0.29) is 16.6 Å². The molecular weight excluding hydrogens is 328 g/mol. The average Bonchev–Trinajstić information content (AvgIpc) is 2.99. The number of hydrogen-bond acceptors (Lipinski definition) is 5. The molecule has 1 aliphatic rings. The SMILES string of the molecule is CN=C(NCc1ncc(C(C)(C)C)o1)NCC1(CS(C)(=O)=O)CC1. The minimum absolute atomic E-state index is 0.0742. The molecule has 0 unspecified atom stereocenters. The summed E-state index contributed by atoms with van der Waals surface area (Å²) in [6.07, 6.45) is 4.89. The molecule has 2 rings (SSSR count). The van der Waals surface area contributed by atoms with Crippen LogP contribution < -0.4 is 10.6 Å². The fraction of sp³-hybridized carbons (Fsp3) is 0.750. The molecule has 1 aromatic rings. The number of nitrogens with one attached hydrogen (secondary N) is 2. The highest BCUT2D eigenvalue weighted by atomic mass is 32.2. The van der Waals surface area contributed by atoms with Crippen LogP contribution in [0.4, 0.5) is 0 Å². The Kier molecular flexibility index (Phi) is 5.27. The van der Waals surface area contributed by atoms with Crippen LogP contribution in [0.25, 0.3) is 0 Å². The molecule has 0 radical (unpaired) electrons. The first-order valence-corrected chi connectivity index (χ1v) is 10.2. The Morgan fingerprint density at radius 2 is 2.04 bits per heavy atom. The van der Waals surface area contributed by atoms with Gasteiger partial charge in [-0.15, -0.1) is 0 Å². The third kappa shape index (κ3) is 5.51. The largest absolute Gasteiger partial charge is 0.443 e. The van der Waals surface area contributed by atoms with Crippen molar-refractivity contribution in [1.82, 2.24) is 15.6 Å². The molecule has 8 heteroatoms. The zero-order valence-electron chi connectivity index (χ0n) is 15.1. The highest BCUT2D eigenvalue weighted by Crippen LogP contribution is 2.45. The van der Waals surface area contributed by atoms with Gasteiger partial charge in [-0.1, -0.05) is 20.8 Å². The van der Waals surface area contributed by atoms with Crippen molar-refractivity contribution in [3.8, 4) is 0 Å². The predicted molar refractivity (Wildman–Crippen MR) is 94.8 cm³/mol. The highest BCUT2D eigenvalue weighted by Gasteiger charge is 2.45. The monoisotopic (exact) mass is 356 g/mol. The van der Waals surface area contributed by atoms with E-state index in [1.54, 1.807) is 13.2 Å². The van der Waals surface area contributed by atoms with Gasteiger partial charge in [-0.2, -0.15) is 0 Å². The number of rotatable bonds is 6. The molecule has 24 heavy (non-hydrogen) atoms. The van der Waals surface area contributed by atoms with Crippen molar-refractivity contribution >= 4 is 15.8 Å². The van der Waals surface area contributed by atoms with Crippen molar-refractivity contribution in [2.45, 2.75) is 45.6 Å². The van der Waals surface area contributed by atoms with Crippen LogP contribution in [0.2, 0.25) is 0 Å². The summed E-state index contributed by atoms with van der Waals surface area (Å²) in [5.41, 5.74) is -0.220. The molecule has 1 heterocycles. The summed E-state index contributed by atoms with van der Waals surface area (Å²) < 4.78 is 28.7. The molecule has 0 spiro atoms. The highest BCUT2D eigenvalue weighted by molar-refractivity contribution is 7.90. The zero-order valence-corrected chi connectivity index (χ0v) is 16.0. The molecule has 2 N–H and O–H groups in total. The summed E-state index contributed by atoms with van der Waals surface area (Å²) in [5.74, 6) is 2.27. The summed E-state index contributed by atoms with van der Waals surface area (Å²) in [4.78, 5) is 8.43. The van der Waals surface area contributed by atoms with Crippen molar-refractivity contribution < 1.29 is 12.8 Å². The minimum Gasteiger partial charge on any atom is -0.443 e. The van der Waals surface area contributed by atoms with Gasteiger partial charge < -0.3 is 15.1 Å². The molecule has 7 nitrogen and oxygen atoms in total. The summed E-state index contributed by atoms with van der Waals surface area (Å²) in [5, 5.41) is 6.35. The maximum absolute atomic E-state index is 11.5. The maximum Gasteiger partial charge on any atom is 0.213 e. The Morgan fingerprint density at radius 3 is 2.50 bits per heavy atom. The van der Waals surface area contributed by atoms with E-state index in [1.165, 1.54) is 6.26 Å². The molecule has 0 aromatic carbocycles. The second kappa shape index (κ2) is 6.74. The van der Waals surface area contributed by atoms with Crippen LogP contribution in [0.3, 0.4) is 0 Å².